The van der Waals surface area contributed by atoms with Gasteiger partial charge in [-0.1, -0.05) is 13.0 Å². The quantitative estimate of drug-likeness (QED) is 0.641. The number of rotatable bonds is 0. The number of aryl methyl sites for hydroxylation is 1. The molecular formula is C19H26O4. The highest BCUT2D eigenvalue weighted by Gasteiger charge is 2.54. The van der Waals surface area contributed by atoms with E-state index in [1.165, 1.54) is 30.4 Å². The fourth-order valence-electron chi connectivity index (χ4n) is 5.54. The lowest BCUT2D eigenvalue weighted by Crippen LogP contribution is -2.43. The van der Waals surface area contributed by atoms with Crippen LogP contribution in [-0.2, 0) is 11.2 Å². The monoisotopic (exact) mass is 318 g/mol. The molecule has 0 aliphatic heterocycles. The van der Waals surface area contributed by atoms with E-state index in [9.17, 15) is 10.2 Å². The van der Waals surface area contributed by atoms with Crippen molar-refractivity contribution in [2.24, 2.45) is 17.3 Å². The van der Waals surface area contributed by atoms with E-state index in [1.807, 2.05) is 12.1 Å². The fraction of sp³-hybridized carbons (Fsp3) is 0.632. The molecule has 126 valence electrons. The third kappa shape index (κ3) is 2.63. The number of aromatic hydroxyl groups is 1. The highest BCUT2D eigenvalue weighted by atomic mass is 16.3. The van der Waals surface area contributed by atoms with E-state index < -0.39 is 0 Å². The fourth-order valence-corrected chi connectivity index (χ4v) is 5.54. The number of fused-ring (bicyclic) bond motifs is 5. The van der Waals surface area contributed by atoms with Gasteiger partial charge in [-0.15, -0.1) is 0 Å². The molecule has 23 heavy (non-hydrogen) atoms. The smallest absolute Gasteiger partial charge is 0.290 e. The predicted octanol–water partition coefficient (Wildman–Crippen LogP) is 3.31. The second-order valence-electron chi connectivity index (χ2n) is 7.54. The van der Waals surface area contributed by atoms with Gasteiger partial charge in [-0.3, -0.25) is 4.79 Å². The average Bonchev–Trinajstić information content (AvgIpc) is 2.83. The van der Waals surface area contributed by atoms with E-state index in [0.717, 1.165) is 25.2 Å². The van der Waals surface area contributed by atoms with Crippen LogP contribution in [0, 0.1) is 17.3 Å². The van der Waals surface area contributed by atoms with Crippen molar-refractivity contribution < 1.29 is 20.1 Å². The second kappa shape index (κ2) is 6.16. The van der Waals surface area contributed by atoms with Crippen molar-refractivity contribution >= 4 is 6.47 Å². The van der Waals surface area contributed by atoms with Crippen molar-refractivity contribution in [1.82, 2.24) is 0 Å². The van der Waals surface area contributed by atoms with Gasteiger partial charge in [-0.05, 0) is 85.0 Å². The summed E-state index contributed by atoms with van der Waals surface area (Å²) in [7, 11) is 0. The number of hydrogen-bond donors (Lipinski definition) is 3. The van der Waals surface area contributed by atoms with Crippen LogP contribution in [0.15, 0.2) is 18.2 Å². The molecule has 4 heteroatoms. The number of aliphatic hydroxyl groups excluding tert-OH is 1. The maximum absolute atomic E-state index is 10.4. The maximum atomic E-state index is 10.4. The molecule has 1 aromatic carbocycles. The van der Waals surface area contributed by atoms with E-state index in [0.29, 0.717) is 17.6 Å². The summed E-state index contributed by atoms with van der Waals surface area (Å²) in [6.45, 7) is 2.07. The predicted molar refractivity (Wildman–Crippen MR) is 87.4 cm³/mol. The van der Waals surface area contributed by atoms with Gasteiger partial charge in [0.2, 0.25) is 0 Å². The molecule has 1 unspecified atom stereocenters. The Morgan fingerprint density at radius 1 is 1.22 bits per heavy atom. The second-order valence-corrected chi connectivity index (χ2v) is 7.54. The summed E-state index contributed by atoms with van der Waals surface area (Å²) >= 11 is 0. The lowest BCUT2D eigenvalue weighted by Gasteiger charge is -2.50. The molecule has 2 saturated carbocycles. The molecule has 1 aromatic rings. The van der Waals surface area contributed by atoms with E-state index in [2.05, 4.69) is 13.0 Å². The van der Waals surface area contributed by atoms with Gasteiger partial charge in [-0.2, -0.15) is 0 Å². The van der Waals surface area contributed by atoms with Crippen molar-refractivity contribution in [1.29, 1.82) is 0 Å². The van der Waals surface area contributed by atoms with Crippen LogP contribution in [-0.4, -0.2) is 27.9 Å². The zero-order valence-corrected chi connectivity index (χ0v) is 13.6. The Balaban J connectivity index is 0.000000485. The van der Waals surface area contributed by atoms with Crippen LogP contribution in [0.3, 0.4) is 0 Å². The zero-order valence-electron chi connectivity index (χ0n) is 13.6. The van der Waals surface area contributed by atoms with Crippen molar-refractivity contribution in [2.75, 3.05) is 0 Å². The van der Waals surface area contributed by atoms with Crippen molar-refractivity contribution in [3.8, 4) is 5.75 Å². The number of phenolic OH excluding ortho intramolecular Hbond substituents is 1. The SMILES string of the molecule is C[C@]12CC[C@@H]3c4ccc(O)cc4CC[C@H]3[C@@H]1CCC2O.O=CO. The standard InChI is InChI=1S/C18H24O2.CH2O2/c1-18-9-8-14-13-5-3-12(19)10-11(13)2-4-15(14)16(18)6-7-17(18)20;2-1-3/h3,5,10,14-17,19-20H,2,4,6-9H2,1H3;1H,(H,2,3)/t14-,15-,16+,17?,18+;/m1./s1. The van der Waals surface area contributed by atoms with Gasteiger partial charge in [0.05, 0.1) is 6.10 Å². The third-order valence-electron chi connectivity index (χ3n) is 6.66. The van der Waals surface area contributed by atoms with Crippen LogP contribution in [0.1, 0.15) is 56.1 Å². The Labute approximate surface area is 137 Å². The molecule has 3 aliphatic rings. The van der Waals surface area contributed by atoms with E-state index in [4.69, 9.17) is 9.90 Å². The minimum absolute atomic E-state index is 0.0883. The average molecular weight is 318 g/mol. The topological polar surface area (TPSA) is 77.8 Å². The summed E-state index contributed by atoms with van der Waals surface area (Å²) in [5, 5.41) is 26.9. The van der Waals surface area contributed by atoms with Crippen LogP contribution in [0.2, 0.25) is 0 Å². The molecule has 4 nitrogen and oxygen atoms in total. The van der Waals surface area contributed by atoms with Crippen LogP contribution in [0.4, 0.5) is 0 Å². The lowest BCUT2D eigenvalue weighted by molar-refractivity contribution is -0.122. The Kier molecular flexibility index (Phi) is 4.37. The Bertz CT molecular complexity index is 585. The first-order chi connectivity index (χ1) is 11.0. The third-order valence-corrected chi connectivity index (χ3v) is 6.66. The molecule has 0 spiro atoms. The minimum Gasteiger partial charge on any atom is -0.508 e. The van der Waals surface area contributed by atoms with Gasteiger partial charge in [0.25, 0.3) is 6.47 Å². The van der Waals surface area contributed by atoms with Crippen LogP contribution >= 0.6 is 0 Å². The number of phenols is 1. The number of aliphatic hydroxyl groups is 1. The number of benzene rings is 1. The summed E-state index contributed by atoms with van der Waals surface area (Å²) < 4.78 is 0. The van der Waals surface area contributed by atoms with Crippen molar-refractivity contribution in [3.63, 3.8) is 0 Å². The molecule has 0 aromatic heterocycles. The number of carboxylic acid groups (broad SMARTS) is 1. The van der Waals surface area contributed by atoms with E-state index >= 15 is 0 Å². The highest BCUT2D eigenvalue weighted by Crippen LogP contribution is 2.60. The lowest BCUT2D eigenvalue weighted by atomic mass is 9.55. The summed E-state index contributed by atoms with van der Waals surface area (Å²) in [5.74, 6) is 2.49. The molecule has 0 radical (unpaired) electrons. The molecule has 3 N–H and O–H groups in total. The van der Waals surface area contributed by atoms with Gasteiger partial charge in [0.1, 0.15) is 5.75 Å². The Morgan fingerprint density at radius 3 is 2.70 bits per heavy atom. The summed E-state index contributed by atoms with van der Waals surface area (Å²) in [6, 6.07) is 5.96. The van der Waals surface area contributed by atoms with Crippen LogP contribution in [0.5, 0.6) is 5.75 Å². The molecule has 4 rings (SSSR count). The van der Waals surface area contributed by atoms with Gasteiger partial charge in [-0.25, -0.2) is 0 Å². The first-order valence-electron chi connectivity index (χ1n) is 8.59. The van der Waals surface area contributed by atoms with Gasteiger partial charge in [0.15, 0.2) is 0 Å². The highest BCUT2D eigenvalue weighted by molar-refractivity contribution is 5.40. The molecule has 5 atom stereocenters. The zero-order chi connectivity index (χ0) is 16.6. The maximum Gasteiger partial charge on any atom is 0.290 e. The summed E-state index contributed by atoms with van der Waals surface area (Å²) in [4.78, 5) is 8.36. The van der Waals surface area contributed by atoms with Crippen LogP contribution < -0.4 is 0 Å². The first-order valence-corrected chi connectivity index (χ1v) is 8.59. The molecule has 0 bridgehead atoms. The van der Waals surface area contributed by atoms with Gasteiger partial charge in [0, 0.05) is 0 Å². The molecule has 2 fully saturated rings. The molecule has 0 saturated heterocycles. The minimum atomic E-state index is -0.250. The normalized spacial score (nSPS) is 37.7. The molecule has 0 heterocycles. The largest absolute Gasteiger partial charge is 0.508 e. The van der Waals surface area contributed by atoms with E-state index in [-0.39, 0.29) is 18.0 Å². The van der Waals surface area contributed by atoms with E-state index in [1.54, 1.807) is 0 Å². The molecular weight excluding hydrogens is 292 g/mol. The van der Waals surface area contributed by atoms with Gasteiger partial charge < -0.3 is 15.3 Å². The number of carbonyl (C=O) groups is 1. The molecule has 0 amide bonds. The summed E-state index contributed by atoms with van der Waals surface area (Å²) in [5.41, 5.74) is 2.99. The summed E-state index contributed by atoms with van der Waals surface area (Å²) in [6.07, 6.45) is 6.78. The Morgan fingerprint density at radius 2 is 1.96 bits per heavy atom. The van der Waals surface area contributed by atoms with Crippen LogP contribution in [0.25, 0.3) is 0 Å². The van der Waals surface area contributed by atoms with Gasteiger partial charge >= 0.3 is 0 Å². The van der Waals surface area contributed by atoms with Crippen molar-refractivity contribution in [2.45, 2.75) is 57.5 Å². The molecule has 3 aliphatic carbocycles. The Hall–Kier alpha value is -1.55. The first kappa shape index (κ1) is 16.3. The number of hydrogen-bond acceptors (Lipinski definition) is 3. The van der Waals surface area contributed by atoms with Crippen molar-refractivity contribution in [3.05, 3.63) is 29.3 Å².